The monoisotopic (exact) mass is 368 g/mol. The predicted molar refractivity (Wildman–Crippen MR) is 103 cm³/mol. The lowest BCUT2D eigenvalue weighted by molar-refractivity contribution is 0.0663. The van der Waals surface area contributed by atoms with Gasteiger partial charge in [0, 0.05) is 38.6 Å². The molecule has 1 fully saturated rings. The third-order valence-corrected chi connectivity index (χ3v) is 4.64. The van der Waals surface area contributed by atoms with E-state index in [1.807, 2.05) is 26.1 Å². The first-order valence-electron chi connectivity index (χ1n) is 8.87. The highest BCUT2D eigenvalue weighted by molar-refractivity contribution is 6.06. The summed E-state index contributed by atoms with van der Waals surface area (Å²) in [5, 5.41) is 2.83. The molecular formula is C20H24N4O3. The summed E-state index contributed by atoms with van der Waals surface area (Å²) in [6, 6.07) is 7.14. The molecule has 3 rings (SSSR count). The number of aromatic nitrogens is 1. The fraction of sp³-hybridized carbons (Fsp3) is 0.350. The Kier molecular flexibility index (Phi) is 5.71. The highest BCUT2D eigenvalue weighted by Crippen LogP contribution is 2.25. The van der Waals surface area contributed by atoms with Crippen LogP contribution in [0, 0.1) is 6.92 Å². The van der Waals surface area contributed by atoms with Gasteiger partial charge < -0.3 is 19.9 Å². The topological polar surface area (TPSA) is 74.8 Å². The fourth-order valence-electron chi connectivity index (χ4n) is 2.99. The number of nitrogens with one attached hydrogen (secondary N) is 1. The van der Waals surface area contributed by atoms with E-state index < -0.39 is 0 Å². The van der Waals surface area contributed by atoms with Crippen molar-refractivity contribution in [1.82, 2.24) is 14.8 Å². The van der Waals surface area contributed by atoms with Gasteiger partial charge >= 0.3 is 0 Å². The maximum absolute atomic E-state index is 12.7. The molecule has 1 saturated heterocycles. The summed E-state index contributed by atoms with van der Waals surface area (Å²) in [4.78, 5) is 33.4. The van der Waals surface area contributed by atoms with Gasteiger partial charge in [-0.25, -0.2) is 0 Å². The number of ether oxygens (including phenoxy) is 1. The molecular weight excluding hydrogens is 344 g/mol. The van der Waals surface area contributed by atoms with Crippen LogP contribution in [-0.2, 0) is 0 Å². The van der Waals surface area contributed by atoms with Crippen molar-refractivity contribution in [3.63, 3.8) is 0 Å². The molecule has 1 aromatic heterocycles. The average molecular weight is 368 g/mol. The highest BCUT2D eigenvalue weighted by Gasteiger charge is 2.21. The van der Waals surface area contributed by atoms with Gasteiger partial charge in [-0.2, -0.15) is 0 Å². The molecule has 0 bridgehead atoms. The van der Waals surface area contributed by atoms with Crippen molar-refractivity contribution in [2.75, 3.05) is 45.7 Å². The van der Waals surface area contributed by atoms with Crippen LogP contribution < -0.4 is 10.1 Å². The van der Waals surface area contributed by atoms with Gasteiger partial charge in [-0.15, -0.1) is 0 Å². The largest absolute Gasteiger partial charge is 0.495 e. The summed E-state index contributed by atoms with van der Waals surface area (Å²) in [6.07, 6.45) is 2.96. The molecule has 0 saturated carbocycles. The lowest BCUT2D eigenvalue weighted by Crippen LogP contribution is -2.47. The lowest BCUT2D eigenvalue weighted by atomic mass is 10.1. The Morgan fingerprint density at radius 3 is 2.48 bits per heavy atom. The minimum absolute atomic E-state index is 0.0987. The van der Waals surface area contributed by atoms with Crippen LogP contribution in [0.15, 0.2) is 36.7 Å². The highest BCUT2D eigenvalue weighted by atomic mass is 16.5. The number of hydrogen-bond donors (Lipinski definition) is 1. The van der Waals surface area contributed by atoms with Crippen LogP contribution in [-0.4, -0.2) is 66.9 Å². The number of rotatable bonds is 4. The van der Waals surface area contributed by atoms with Crippen LogP contribution in [0.2, 0.25) is 0 Å². The first kappa shape index (κ1) is 18.8. The molecule has 0 spiro atoms. The van der Waals surface area contributed by atoms with E-state index in [1.165, 1.54) is 12.4 Å². The molecule has 7 nitrogen and oxygen atoms in total. The number of hydrogen-bond acceptors (Lipinski definition) is 5. The number of anilines is 1. The van der Waals surface area contributed by atoms with Crippen molar-refractivity contribution in [2.45, 2.75) is 6.92 Å². The third-order valence-electron chi connectivity index (χ3n) is 4.64. The van der Waals surface area contributed by atoms with E-state index in [9.17, 15) is 9.59 Å². The van der Waals surface area contributed by atoms with Gasteiger partial charge in [0.2, 0.25) is 0 Å². The van der Waals surface area contributed by atoms with Crippen LogP contribution >= 0.6 is 0 Å². The number of pyridine rings is 1. The summed E-state index contributed by atoms with van der Waals surface area (Å²) in [6.45, 7) is 4.96. The zero-order valence-corrected chi connectivity index (χ0v) is 15.9. The van der Waals surface area contributed by atoms with Crippen molar-refractivity contribution < 1.29 is 14.3 Å². The van der Waals surface area contributed by atoms with Crippen LogP contribution in [0.4, 0.5) is 5.69 Å². The Morgan fingerprint density at radius 1 is 1.07 bits per heavy atom. The van der Waals surface area contributed by atoms with Gasteiger partial charge in [-0.05, 0) is 37.7 Å². The number of amides is 2. The molecule has 1 N–H and O–H groups in total. The van der Waals surface area contributed by atoms with E-state index in [-0.39, 0.29) is 11.8 Å². The van der Waals surface area contributed by atoms with Crippen molar-refractivity contribution >= 4 is 17.5 Å². The Balaban J connectivity index is 1.76. The summed E-state index contributed by atoms with van der Waals surface area (Å²) in [7, 11) is 3.59. The number of methoxy groups -OCH3 is 1. The Bertz CT molecular complexity index is 845. The van der Waals surface area contributed by atoms with Crippen molar-refractivity contribution in [1.29, 1.82) is 0 Å². The molecule has 2 amide bonds. The first-order valence-corrected chi connectivity index (χ1v) is 8.87. The molecule has 0 aliphatic carbocycles. The van der Waals surface area contributed by atoms with Crippen molar-refractivity contribution in [2.24, 2.45) is 0 Å². The Hall–Kier alpha value is -2.93. The predicted octanol–water partition coefficient (Wildman–Crippen LogP) is 2.04. The van der Waals surface area contributed by atoms with Gasteiger partial charge in [0.25, 0.3) is 11.8 Å². The van der Waals surface area contributed by atoms with Gasteiger partial charge in [-0.1, -0.05) is 6.07 Å². The van der Waals surface area contributed by atoms with E-state index in [2.05, 4.69) is 15.2 Å². The molecule has 0 atom stereocenters. The first-order chi connectivity index (χ1) is 13.0. The lowest BCUT2D eigenvalue weighted by Gasteiger charge is -2.32. The third kappa shape index (κ3) is 4.43. The minimum Gasteiger partial charge on any atom is -0.495 e. The van der Waals surface area contributed by atoms with Gasteiger partial charge in [0.1, 0.15) is 5.75 Å². The molecule has 1 aliphatic heterocycles. The van der Waals surface area contributed by atoms with Gasteiger partial charge in [0.05, 0.1) is 23.9 Å². The number of aryl methyl sites for hydroxylation is 1. The quantitative estimate of drug-likeness (QED) is 0.894. The second-order valence-electron chi connectivity index (χ2n) is 6.72. The molecule has 2 heterocycles. The maximum atomic E-state index is 12.7. The molecule has 7 heteroatoms. The summed E-state index contributed by atoms with van der Waals surface area (Å²) >= 11 is 0. The van der Waals surface area contributed by atoms with E-state index in [1.54, 1.807) is 24.1 Å². The standard InChI is InChI=1S/C20H24N4O3/c1-14-4-5-18(27-3)17(10-14)22-19(25)15-11-16(13-21-12-15)20(26)24-8-6-23(2)7-9-24/h4-5,10-13H,6-9H2,1-3H3,(H,22,25). The number of carbonyl (C=O) groups is 2. The molecule has 1 aliphatic rings. The number of piperazine rings is 1. The van der Waals surface area contributed by atoms with Crippen LogP contribution in [0.3, 0.4) is 0 Å². The maximum Gasteiger partial charge on any atom is 0.257 e. The van der Waals surface area contributed by atoms with E-state index in [0.29, 0.717) is 35.7 Å². The van der Waals surface area contributed by atoms with E-state index in [4.69, 9.17) is 4.74 Å². The van der Waals surface area contributed by atoms with Crippen LogP contribution in [0.5, 0.6) is 5.75 Å². The van der Waals surface area contributed by atoms with Gasteiger partial charge in [-0.3, -0.25) is 14.6 Å². The molecule has 2 aromatic rings. The average Bonchev–Trinajstić information content (AvgIpc) is 2.68. The summed E-state index contributed by atoms with van der Waals surface area (Å²) < 4.78 is 5.29. The minimum atomic E-state index is -0.334. The number of benzene rings is 1. The molecule has 1 aromatic carbocycles. The molecule has 0 radical (unpaired) electrons. The fourth-order valence-corrected chi connectivity index (χ4v) is 2.99. The van der Waals surface area contributed by atoms with E-state index >= 15 is 0 Å². The second kappa shape index (κ2) is 8.18. The smallest absolute Gasteiger partial charge is 0.257 e. The Labute approximate surface area is 158 Å². The summed E-state index contributed by atoms with van der Waals surface area (Å²) in [5.74, 6) is 0.143. The number of nitrogens with zero attached hydrogens (tertiary/aromatic N) is 3. The van der Waals surface area contributed by atoms with Crippen molar-refractivity contribution in [3.8, 4) is 5.75 Å². The summed E-state index contributed by atoms with van der Waals surface area (Å²) in [5.41, 5.74) is 2.34. The van der Waals surface area contributed by atoms with Crippen LogP contribution in [0.1, 0.15) is 26.3 Å². The van der Waals surface area contributed by atoms with Gasteiger partial charge in [0.15, 0.2) is 0 Å². The molecule has 27 heavy (non-hydrogen) atoms. The number of carbonyl (C=O) groups excluding carboxylic acids is 2. The van der Waals surface area contributed by atoms with Crippen LogP contribution in [0.25, 0.3) is 0 Å². The second-order valence-corrected chi connectivity index (χ2v) is 6.72. The zero-order chi connectivity index (χ0) is 19.4. The Morgan fingerprint density at radius 2 is 1.78 bits per heavy atom. The van der Waals surface area contributed by atoms with Crippen molar-refractivity contribution in [3.05, 3.63) is 53.3 Å². The normalized spacial score (nSPS) is 14.7. The molecule has 142 valence electrons. The SMILES string of the molecule is COc1ccc(C)cc1NC(=O)c1cncc(C(=O)N2CCN(C)CC2)c1. The molecule has 0 unspecified atom stereocenters. The van der Waals surface area contributed by atoms with E-state index in [0.717, 1.165) is 18.7 Å². The number of likely N-dealkylation sites (N-methyl/N-ethyl adjacent to an activating group) is 1. The zero-order valence-electron chi connectivity index (χ0n) is 15.9.